The lowest BCUT2D eigenvalue weighted by Gasteiger charge is -2.13. The molecule has 7 rings (SSSR count). The normalized spacial score (nSPS) is 11.5. The average Bonchev–Trinajstić information content (AvgIpc) is 2.91. The van der Waals surface area contributed by atoms with Crippen LogP contribution in [0.25, 0.3) is 65.6 Å². The summed E-state index contributed by atoms with van der Waals surface area (Å²) >= 11 is 0. The Kier molecular flexibility index (Phi) is 4.18. The van der Waals surface area contributed by atoms with Crippen molar-refractivity contribution in [2.75, 3.05) is 0 Å². The first-order valence-electron chi connectivity index (χ1n) is 11.5. The highest BCUT2D eigenvalue weighted by Gasteiger charge is 2.14. The standard InChI is InChI=1S/C32H20N2/c1-3-11-23-21(7-1)9-5-13-25(23)27-17-19-33-31-29(27)15-16-30-28(18-20-34-32(30)31)26-14-6-10-22-8-2-4-12-24(22)26/h1-20H. The molecule has 2 heteroatoms. The molecule has 158 valence electrons. The van der Waals surface area contributed by atoms with Crippen molar-refractivity contribution in [2.45, 2.75) is 0 Å². The maximum absolute atomic E-state index is 4.81. The van der Waals surface area contributed by atoms with Crippen LogP contribution in [0.1, 0.15) is 0 Å². The van der Waals surface area contributed by atoms with Crippen LogP contribution in [0.5, 0.6) is 0 Å². The largest absolute Gasteiger partial charge is 0.254 e. The van der Waals surface area contributed by atoms with Crippen molar-refractivity contribution in [3.63, 3.8) is 0 Å². The van der Waals surface area contributed by atoms with E-state index >= 15 is 0 Å². The van der Waals surface area contributed by atoms with E-state index in [1.807, 2.05) is 12.4 Å². The molecule has 0 atom stereocenters. The molecule has 0 saturated heterocycles. The molecule has 0 aliphatic rings. The predicted molar refractivity (Wildman–Crippen MR) is 143 cm³/mol. The molecule has 0 aliphatic heterocycles. The second kappa shape index (κ2) is 7.50. The molecule has 0 bridgehead atoms. The van der Waals surface area contributed by atoms with E-state index < -0.39 is 0 Å². The number of hydrogen-bond donors (Lipinski definition) is 0. The number of benzene rings is 5. The molecule has 0 saturated carbocycles. The van der Waals surface area contributed by atoms with Gasteiger partial charge in [0.25, 0.3) is 0 Å². The molecule has 0 aliphatic carbocycles. The third kappa shape index (κ3) is 2.82. The van der Waals surface area contributed by atoms with Crippen LogP contribution >= 0.6 is 0 Å². The molecule has 0 unspecified atom stereocenters. The van der Waals surface area contributed by atoms with Gasteiger partial charge >= 0.3 is 0 Å². The number of hydrogen-bond acceptors (Lipinski definition) is 2. The second-order valence-electron chi connectivity index (χ2n) is 8.63. The SMILES string of the molecule is c1ccc2c(-c3ccnc4c3ccc3c(-c5cccc6ccccc56)ccnc34)cccc2c1. The van der Waals surface area contributed by atoms with E-state index in [1.165, 1.54) is 43.8 Å². The third-order valence-electron chi connectivity index (χ3n) is 6.78. The Hall–Kier alpha value is -4.56. The number of aromatic nitrogens is 2. The molecule has 0 amide bonds. The van der Waals surface area contributed by atoms with Crippen LogP contribution in [0.3, 0.4) is 0 Å². The molecule has 0 radical (unpaired) electrons. The number of nitrogens with zero attached hydrogens (tertiary/aromatic N) is 2. The predicted octanol–water partition coefficient (Wildman–Crippen LogP) is 8.42. The maximum Gasteiger partial charge on any atom is 0.0970 e. The first kappa shape index (κ1) is 19.0. The maximum atomic E-state index is 4.81. The highest BCUT2D eigenvalue weighted by atomic mass is 14.7. The number of rotatable bonds is 2. The van der Waals surface area contributed by atoms with Crippen molar-refractivity contribution in [1.29, 1.82) is 0 Å². The molecule has 34 heavy (non-hydrogen) atoms. The van der Waals surface area contributed by atoms with Gasteiger partial charge in [-0.15, -0.1) is 0 Å². The number of pyridine rings is 2. The summed E-state index contributed by atoms with van der Waals surface area (Å²) in [5, 5.41) is 7.21. The second-order valence-corrected chi connectivity index (χ2v) is 8.63. The van der Waals surface area contributed by atoms with E-state index in [2.05, 4.69) is 109 Å². The molecule has 0 fully saturated rings. The first-order chi connectivity index (χ1) is 16.9. The van der Waals surface area contributed by atoms with Gasteiger partial charge in [0, 0.05) is 23.2 Å². The molecule has 2 aromatic heterocycles. The van der Waals surface area contributed by atoms with Crippen LogP contribution in [0, 0.1) is 0 Å². The fraction of sp³-hybridized carbons (Fsp3) is 0. The summed E-state index contributed by atoms with van der Waals surface area (Å²) in [6.45, 7) is 0. The molecule has 2 heterocycles. The van der Waals surface area contributed by atoms with Gasteiger partial charge in [0.05, 0.1) is 11.0 Å². The minimum atomic E-state index is 0.935. The summed E-state index contributed by atoms with van der Waals surface area (Å²) in [5.74, 6) is 0. The highest BCUT2D eigenvalue weighted by Crippen LogP contribution is 2.38. The summed E-state index contributed by atoms with van der Waals surface area (Å²) in [5.41, 5.74) is 6.67. The van der Waals surface area contributed by atoms with Gasteiger partial charge in [-0.25, -0.2) is 0 Å². The molecular formula is C32H20N2. The fourth-order valence-corrected chi connectivity index (χ4v) is 5.22. The van der Waals surface area contributed by atoms with Gasteiger partial charge in [0.15, 0.2) is 0 Å². The summed E-state index contributed by atoms with van der Waals surface area (Å²) in [6, 6.07) is 38.7. The Morgan fingerprint density at radius 2 is 0.735 bits per heavy atom. The van der Waals surface area contributed by atoms with E-state index in [-0.39, 0.29) is 0 Å². The molecular weight excluding hydrogens is 412 g/mol. The molecule has 0 spiro atoms. The lowest BCUT2D eigenvalue weighted by Crippen LogP contribution is -1.91. The van der Waals surface area contributed by atoms with Crippen LogP contribution in [-0.2, 0) is 0 Å². The van der Waals surface area contributed by atoms with Crippen molar-refractivity contribution in [3.8, 4) is 22.3 Å². The van der Waals surface area contributed by atoms with Gasteiger partial charge in [-0.3, -0.25) is 9.97 Å². The van der Waals surface area contributed by atoms with Crippen molar-refractivity contribution >= 4 is 43.4 Å². The van der Waals surface area contributed by atoms with Crippen molar-refractivity contribution in [1.82, 2.24) is 9.97 Å². The van der Waals surface area contributed by atoms with Crippen LogP contribution in [0.4, 0.5) is 0 Å². The van der Waals surface area contributed by atoms with Crippen molar-refractivity contribution < 1.29 is 0 Å². The summed E-state index contributed by atoms with van der Waals surface area (Å²) < 4.78 is 0. The van der Waals surface area contributed by atoms with Crippen LogP contribution in [0.15, 0.2) is 122 Å². The Morgan fingerprint density at radius 1 is 0.324 bits per heavy atom. The average molecular weight is 433 g/mol. The van der Waals surface area contributed by atoms with E-state index in [9.17, 15) is 0 Å². The third-order valence-corrected chi connectivity index (χ3v) is 6.78. The Balaban J connectivity index is 1.53. The minimum absolute atomic E-state index is 0.935. The molecule has 5 aromatic carbocycles. The van der Waals surface area contributed by atoms with Crippen LogP contribution in [0.2, 0.25) is 0 Å². The van der Waals surface area contributed by atoms with Gasteiger partial charge in [0.1, 0.15) is 0 Å². The van der Waals surface area contributed by atoms with Crippen molar-refractivity contribution in [2.24, 2.45) is 0 Å². The smallest absolute Gasteiger partial charge is 0.0970 e. The van der Waals surface area contributed by atoms with Gasteiger partial charge in [0.2, 0.25) is 0 Å². The van der Waals surface area contributed by atoms with Gasteiger partial charge in [-0.1, -0.05) is 97.1 Å². The minimum Gasteiger partial charge on any atom is -0.254 e. The summed E-state index contributed by atoms with van der Waals surface area (Å²) in [6.07, 6.45) is 3.82. The van der Waals surface area contributed by atoms with E-state index in [0.717, 1.165) is 21.8 Å². The zero-order valence-electron chi connectivity index (χ0n) is 18.4. The quantitative estimate of drug-likeness (QED) is 0.256. The molecule has 7 aromatic rings. The van der Waals surface area contributed by atoms with E-state index in [1.54, 1.807) is 0 Å². The monoisotopic (exact) mass is 432 g/mol. The highest BCUT2D eigenvalue weighted by molar-refractivity contribution is 6.15. The Labute approximate surface area is 197 Å². The van der Waals surface area contributed by atoms with Crippen LogP contribution in [-0.4, -0.2) is 9.97 Å². The van der Waals surface area contributed by atoms with E-state index in [0.29, 0.717) is 0 Å². The molecule has 0 N–H and O–H groups in total. The zero-order valence-corrected chi connectivity index (χ0v) is 18.4. The van der Waals surface area contributed by atoms with Crippen molar-refractivity contribution in [3.05, 3.63) is 122 Å². The zero-order chi connectivity index (χ0) is 22.5. The van der Waals surface area contributed by atoms with Gasteiger partial charge in [-0.05, 0) is 55.9 Å². The Morgan fingerprint density at radius 3 is 1.24 bits per heavy atom. The topological polar surface area (TPSA) is 25.8 Å². The van der Waals surface area contributed by atoms with Gasteiger partial charge in [-0.2, -0.15) is 0 Å². The lowest BCUT2D eigenvalue weighted by molar-refractivity contribution is 1.37. The Bertz CT molecular complexity index is 1720. The fourth-order valence-electron chi connectivity index (χ4n) is 5.22. The molecule has 2 nitrogen and oxygen atoms in total. The first-order valence-corrected chi connectivity index (χ1v) is 11.5. The van der Waals surface area contributed by atoms with Crippen LogP contribution < -0.4 is 0 Å². The summed E-state index contributed by atoms with van der Waals surface area (Å²) in [7, 11) is 0. The van der Waals surface area contributed by atoms with Gasteiger partial charge < -0.3 is 0 Å². The number of fused-ring (bicyclic) bond motifs is 5. The summed E-state index contributed by atoms with van der Waals surface area (Å²) in [4.78, 5) is 9.62. The van der Waals surface area contributed by atoms with E-state index in [4.69, 9.17) is 9.97 Å². The lowest BCUT2D eigenvalue weighted by atomic mass is 9.93.